The number of hydrogen-bond acceptors (Lipinski definition) is 2. The van der Waals surface area contributed by atoms with E-state index in [1.807, 2.05) is 0 Å². The molecule has 1 rings (SSSR count). The van der Waals surface area contributed by atoms with Gasteiger partial charge in [0.15, 0.2) is 0 Å². The number of nitrogens with two attached hydrogens (primary N) is 1. The van der Waals surface area contributed by atoms with Crippen LogP contribution in [0.25, 0.3) is 0 Å². The van der Waals surface area contributed by atoms with E-state index in [0.717, 1.165) is 17.0 Å². The summed E-state index contributed by atoms with van der Waals surface area (Å²) in [5, 5.41) is 0. The van der Waals surface area contributed by atoms with Crippen molar-refractivity contribution < 1.29 is 17.6 Å². The monoisotopic (exact) mass is 250 g/mol. The molecule has 2 N–H and O–H groups in total. The quantitative estimate of drug-likeness (QED) is 0.657. The Morgan fingerprint density at radius 2 is 1.94 bits per heavy atom. The maximum Gasteiger partial charge on any atom is 0.405 e. The molecule has 0 radical (unpaired) electrons. The van der Waals surface area contributed by atoms with Gasteiger partial charge in [-0.1, -0.05) is 6.92 Å². The number of nitrogen functional groups attached to an aromatic ring is 1. The first-order valence-corrected chi connectivity index (χ1v) is 5.20. The normalized spacial score (nSPS) is 11.6. The van der Waals surface area contributed by atoms with Crippen molar-refractivity contribution in [3.05, 3.63) is 24.0 Å². The second-order valence-corrected chi connectivity index (χ2v) is 3.74. The van der Waals surface area contributed by atoms with Crippen molar-refractivity contribution in [2.24, 2.45) is 0 Å². The summed E-state index contributed by atoms with van der Waals surface area (Å²) >= 11 is 0. The van der Waals surface area contributed by atoms with E-state index in [1.165, 1.54) is 6.07 Å². The van der Waals surface area contributed by atoms with Crippen LogP contribution >= 0.6 is 0 Å². The van der Waals surface area contributed by atoms with Crippen LogP contribution < -0.4 is 10.6 Å². The minimum absolute atomic E-state index is 0.0164. The number of alkyl halides is 3. The van der Waals surface area contributed by atoms with E-state index < -0.39 is 18.5 Å². The first kappa shape index (κ1) is 13.6. The summed E-state index contributed by atoms with van der Waals surface area (Å²) < 4.78 is 49.9. The van der Waals surface area contributed by atoms with Gasteiger partial charge in [0.05, 0.1) is 11.4 Å². The van der Waals surface area contributed by atoms with Gasteiger partial charge in [0, 0.05) is 6.54 Å². The van der Waals surface area contributed by atoms with Crippen LogP contribution in [-0.2, 0) is 0 Å². The fourth-order valence-corrected chi connectivity index (χ4v) is 1.58. The molecule has 2 nitrogen and oxygen atoms in total. The molecule has 0 saturated heterocycles. The summed E-state index contributed by atoms with van der Waals surface area (Å²) in [6.45, 7) is 0.898. The number of anilines is 2. The lowest BCUT2D eigenvalue weighted by Gasteiger charge is -2.26. The van der Waals surface area contributed by atoms with Crippen LogP contribution in [0.5, 0.6) is 0 Å². The highest BCUT2D eigenvalue weighted by Gasteiger charge is 2.31. The molecule has 0 heterocycles. The minimum atomic E-state index is -4.31. The fraction of sp³-hybridized carbons (Fsp3) is 0.455. The van der Waals surface area contributed by atoms with Crippen molar-refractivity contribution in [3.8, 4) is 0 Å². The van der Waals surface area contributed by atoms with Crippen molar-refractivity contribution in [1.82, 2.24) is 0 Å². The number of halogens is 4. The van der Waals surface area contributed by atoms with Crippen LogP contribution in [0.3, 0.4) is 0 Å². The van der Waals surface area contributed by atoms with E-state index in [9.17, 15) is 17.6 Å². The van der Waals surface area contributed by atoms with E-state index in [4.69, 9.17) is 5.73 Å². The van der Waals surface area contributed by atoms with Crippen LogP contribution in [0.15, 0.2) is 18.2 Å². The highest BCUT2D eigenvalue weighted by Crippen LogP contribution is 2.27. The smallest absolute Gasteiger partial charge is 0.397 e. The van der Waals surface area contributed by atoms with E-state index in [2.05, 4.69) is 0 Å². The van der Waals surface area contributed by atoms with Crippen LogP contribution in [0.1, 0.15) is 13.3 Å². The Bertz CT molecular complexity index is 376. The molecule has 0 bridgehead atoms. The zero-order valence-corrected chi connectivity index (χ0v) is 9.39. The highest BCUT2D eigenvalue weighted by molar-refractivity contribution is 5.67. The first-order valence-electron chi connectivity index (χ1n) is 5.20. The topological polar surface area (TPSA) is 29.3 Å². The molecule has 1 aromatic rings. The molecule has 0 amide bonds. The zero-order valence-electron chi connectivity index (χ0n) is 9.39. The molecule has 0 aliphatic rings. The number of rotatable bonds is 4. The summed E-state index contributed by atoms with van der Waals surface area (Å²) in [6.07, 6.45) is -3.76. The summed E-state index contributed by atoms with van der Waals surface area (Å²) in [5.74, 6) is -0.560. The van der Waals surface area contributed by atoms with E-state index in [1.54, 1.807) is 6.92 Å². The lowest BCUT2D eigenvalue weighted by molar-refractivity contribution is -0.119. The SMILES string of the molecule is CCCN(CC(F)(F)F)c1ccc(F)cc1N. The van der Waals surface area contributed by atoms with Gasteiger partial charge in [-0.05, 0) is 24.6 Å². The molecule has 0 spiro atoms. The third kappa shape index (κ3) is 4.13. The van der Waals surface area contributed by atoms with Gasteiger partial charge in [0.2, 0.25) is 0 Å². The Hall–Kier alpha value is -1.46. The maximum absolute atomic E-state index is 12.8. The van der Waals surface area contributed by atoms with Gasteiger partial charge in [-0.2, -0.15) is 13.2 Å². The molecule has 0 aliphatic heterocycles. The average molecular weight is 250 g/mol. The maximum atomic E-state index is 12.8. The fourth-order valence-electron chi connectivity index (χ4n) is 1.58. The summed E-state index contributed by atoms with van der Waals surface area (Å²) in [5.41, 5.74) is 5.75. The Morgan fingerprint density at radius 3 is 2.41 bits per heavy atom. The van der Waals surface area contributed by atoms with Gasteiger partial charge < -0.3 is 10.6 Å². The predicted molar refractivity (Wildman–Crippen MR) is 59.4 cm³/mol. The molecule has 0 fully saturated rings. The summed E-state index contributed by atoms with van der Waals surface area (Å²) in [4.78, 5) is 1.11. The molecule has 0 unspecified atom stereocenters. The third-order valence-corrected chi connectivity index (χ3v) is 2.19. The van der Waals surface area contributed by atoms with Gasteiger partial charge in [0.25, 0.3) is 0 Å². The molecule has 0 aromatic heterocycles. The van der Waals surface area contributed by atoms with Gasteiger partial charge in [-0.25, -0.2) is 4.39 Å². The van der Waals surface area contributed by atoms with Gasteiger partial charge in [0.1, 0.15) is 12.4 Å². The molecule has 1 aromatic carbocycles. The van der Waals surface area contributed by atoms with Crippen LogP contribution in [0, 0.1) is 5.82 Å². The molecular weight excluding hydrogens is 236 g/mol. The van der Waals surface area contributed by atoms with Crippen molar-refractivity contribution in [2.45, 2.75) is 19.5 Å². The Morgan fingerprint density at radius 1 is 1.29 bits per heavy atom. The molecular formula is C11H14F4N2. The molecule has 96 valence electrons. The number of hydrogen-bond donors (Lipinski definition) is 1. The largest absolute Gasteiger partial charge is 0.405 e. The molecule has 0 atom stereocenters. The molecule has 0 aliphatic carbocycles. The Kier molecular flexibility index (Phi) is 4.20. The summed E-state index contributed by atoms with van der Waals surface area (Å²) in [6, 6.07) is 3.39. The van der Waals surface area contributed by atoms with E-state index in [-0.39, 0.29) is 17.9 Å². The van der Waals surface area contributed by atoms with Crippen LogP contribution in [-0.4, -0.2) is 19.3 Å². The average Bonchev–Trinajstić information content (AvgIpc) is 2.14. The first-order chi connectivity index (χ1) is 7.83. The van der Waals surface area contributed by atoms with Crippen molar-refractivity contribution >= 4 is 11.4 Å². The standard InChI is InChI=1S/C11H14F4N2/c1-2-5-17(7-11(13,14)15)10-4-3-8(12)6-9(10)16/h3-4,6H,2,5,7,16H2,1H3. The second kappa shape index (κ2) is 5.25. The second-order valence-electron chi connectivity index (χ2n) is 3.74. The predicted octanol–water partition coefficient (Wildman–Crippen LogP) is 3.19. The van der Waals surface area contributed by atoms with E-state index >= 15 is 0 Å². The molecule has 6 heteroatoms. The van der Waals surface area contributed by atoms with Crippen LogP contribution in [0.2, 0.25) is 0 Å². The molecule has 0 saturated carbocycles. The number of nitrogens with zero attached hydrogens (tertiary/aromatic N) is 1. The Labute approximate surface area is 97.0 Å². The summed E-state index contributed by atoms with van der Waals surface area (Å²) in [7, 11) is 0. The lowest BCUT2D eigenvalue weighted by atomic mass is 10.2. The van der Waals surface area contributed by atoms with E-state index in [0.29, 0.717) is 6.42 Å². The lowest BCUT2D eigenvalue weighted by Crippen LogP contribution is -2.35. The van der Waals surface area contributed by atoms with Gasteiger partial charge >= 0.3 is 6.18 Å². The van der Waals surface area contributed by atoms with Gasteiger partial charge in [-0.15, -0.1) is 0 Å². The zero-order chi connectivity index (χ0) is 13.1. The third-order valence-electron chi connectivity index (χ3n) is 2.19. The van der Waals surface area contributed by atoms with Crippen molar-refractivity contribution in [1.29, 1.82) is 0 Å². The molecule has 17 heavy (non-hydrogen) atoms. The number of benzene rings is 1. The van der Waals surface area contributed by atoms with Crippen LogP contribution in [0.4, 0.5) is 28.9 Å². The van der Waals surface area contributed by atoms with Crippen molar-refractivity contribution in [3.63, 3.8) is 0 Å². The van der Waals surface area contributed by atoms with Crippen molar-refractivity contribution in [2.75, 3.05) is 23.7 Å². The Balaban J connectivity index is 2.97. The van der Waals surface area contributed by atoms with Gasteiger partial charge in [-0.3, -0.25) is 0 Å². The minimum Gasteiger partial charge on any atom is -0.397 e. The highest BCUT2D eigenvalue weighted by atomic mass is 19.4.